The SMILES string of the molecule is CCNC(C1CCOC1)C1(OC)CCC(C)CC1. The number of hydrogen-bond donors (Lipinski definition) is 1. The van der Waals surface area contributed by atoms with Crippen molar-refractivity contribution in [2.24, 2.45) is 11.8 Å². The van der Waals surface area contributed by atoms with Crippen LogP contribution in [-0.2, 0) is 9.47 Å². The van der Waals surface area contributed by atoms with Crippen molar-refractivity contribution in [2.75, 3.05) is 26.9 Å². The van der Waals surface area contributed by atoms with Crippen LogP contribution in [0.1, 0.15) is 46.0 Å². The van der Waals surface area contributed by atoms with Gasteiger partial charge in [0.1, 0.15) is 0 Å². The Balaban J connectivity index is 2.10. The number of likely N-dealkylation sites (N-methyl/N-ethyl adjacent to an activating group) is 1. The van der Waals surface area contributed by atoms with Gasteiger partial charge in [-0.2, -0.15) is 0 Å². The van der Waals surface area contributed by atoms with Crippen LogP contribution < -0.4 is 5.32 Å². The van der Waals surface area contributed by atoms with E-state index < -0.39 is 0 Å². The maximum absolute atomic E-state index is 6.04. The molecule has 3 heteroatoms. The minimum atomic E-state index is 0.0425. The first-order valence-electron chi connectivity index (χ1n) is 7.58. The summed E-state index contributed by atoms with van der Waals surface area (Å²) in [5.74, 6) is 1.48. The van der Waals surface area contributed by atoms with Gasteiger partial charge in [-0.3, -0.25) is 0 Å². The van der Waals surface area contributed by atoms with Gasteiger partial charge in [-0.1, -0.05) is 13.8 Å². The molecule has 106 valence electrons. The van der Waals surface area contributed by atoms with Gasteiger partial charge in [0.25, 0.3) is 0 Å². The second-order valence-corrected chi connectivity index (χ2v) is 6.11. The van der Waals surface area contributed by atoms with Crippen molar-refractivity contribution in [3.63, 3.8) is 0 Å². The molecule has 2 atom stereocenters. The van der Waals surface area contributed by atoms with Gasteiger partial charge >= 0.3 is 0 Å². The zero-order valence-electron chi connectivity index (χ0n) is 12.2. The summed E-state index contributed by atoms with van der Waals surface area (Å²) in [5, 5.41) is 3.70. The molecule has 0 aromatic carbocycles. The number of hydrogen-bond acceptors (Lipinski definition) is 3. The Kier molecular flexibility index (Phi) is 5.05. The lowest BCUT2D eigenvalue weighted by Crippen LogP contribution is -2.57. The van der Waals surface area contributed by atoms with Gasteiger partial charge in [-0.25, -0.2) is 0 Å². The van der Waals surface area contributed by atoms with E-state index in [-0.39, 0.29) is 5.60 Å². The molecule has 0 amide bonds. The molecule has 1 saturated heterocycles. The molecular formula is C15H29NO2. The zero-order valence-corrected chi connectivity index (χ0v) is 12.2. The topological polar surface area (TPSA) is 30.5 Å². The number of rotatable bonds is 5. The summed E-state index contributed by atoms with van der Waals surface area (Å²) in [6, 6.07) is 0.461. The molecule has 18 heavy (non-hydrogen) atoms. The molecule has 3 nitrogen and oxygen atoms in total. The molecule has 1 saturated carbocycles. The van der Waals surface area contributed by atoms with Crippen LogP contribution >= 0.6 is 0 Å². The largest absolute Gasteiger partial charge is 0.381 e. The highest BCUT2D eigenvalue weighted by molar-refractivity contribution is 5.00. The van der Waals surface area contributed by atoms with E-state index in [9.17, 15) is 0 Å². The van der Waals surface area contributed by atoms with Crippen molar-refractivity contribution >= 4 is 0 Å². The Labute approximate surface area is 112 Å². The van der Waals surface area contributed by atoms with Crippen LogP contribution in [0.25, 0.3) is 0 Å². The molecule has 0 aromatic rings. The highest BCUT2D eigenvalue weighted by Crippen LogP contribution is 2.40. The molecule has 2 unspecified atom stereocenters. The minimum Gasteiger partial charge on any atom is -0.381 e. The third-order valence-electron chi connectivity index (χ3n) is 4.95. The quantitative estimate of drug-likeness (QED) is 0.819. The van der Waals surface area contributed by atoms with Crippen molar-refractivity contribution in [2.45, 2.75) is 57.6 Å². The molecule has 0 spiro atoms. The van der Waals surface area contributed by atoms with Crippen LogP contribution in [0.3, 0.4) is 0 Å². The Morgan fingerprint density at radius 1 is 1.33 bits per heavy atom. The smallest absolute Gasteiger partial charge is 0.0834 e. The van der Waals surface area contributed by atoms with Crippen molar-refractivity contribution < 1.29 is 9.47 Å². The predicted octanol–water partition coefficient (Wildman–Crippen LogP) is 2.60. The lowest BCUT2D eigenvalue weighted by Gasteiger charge is -2.46. The van der Waals surface area contributed by atoms with Crippen LogP contribution in [0.2, 0.25) is 0 Å². The highest BCUT2D eigenvalue weighted by atomic mass is 16.5. The van der Waals surface area contributed by atoms with Crippen LogP contribution in [0.5, 0.6) is 0 Å². The lowest BCUT2D eigenvalue weighted by atomic mass is 9.71. The molecule has 2 rings (SSSR count). The van der Waals surface area contributed by atoms with Gasteiger partial charge in [-0.15, -0.1) is 0 Å². The van der Waals surface area contributed by atoms with Crippen LogP contribution in [0.4, 0.5) is 0 Å². The molecule has 1 heterocycles. The normalized spacial score (nSPS) is 38.8. The minimum absolute atomic E-state index is 0.0425. The second kappa shape index (κ2) is 6.36. The first-order chi connectivity index (χ1) is 8.72. The van der Waals surface area contributed by atoms with Gasteiger partial charge in [-0.05, 0) is 44.6 Å². The van der Waals surface area contributed by atoms with E-state index >= 15 is 0 Å². The Morgan fingerprint density at radius 2 is 2.06 bits per heavy atom. The first kappa shape index (κ1) is 14.3. The summed E-state index contributed by atoms with van der Waals surface area (Å²) in [6.45, 7) is 7.39. The highest BCUT2D eigenvalue weighted by Gasteiger charge is 2.45. The van der Waals surface area contributed by atoms with E-state index in [0.29, 0.717) is 12.0 Å². The van der Waals surface area contributed by atoms with Crippen LogP contribution in [-0.4, -0.2) is 38.5 Å². The van der Waals surface area contributed by atoms with Crippen molar-refractivity contribution in [3.05, 3.63) is 0 Å². The Morgan fingerprint density at radius 3 is 2.56 bits per heavy atom. The molecular weight excluding hydrogens is 226 g/mol. The summed E-state index contributed by atoms with van der Waals surface area (Å²) < 4.78 is 11.6. The maximum atomic E-state index is 6.04. The van der Waals surface area contributed by atoms with Crippen molar-refractivity contribution in [3.8, 4) is 0 Å². The number of ether oxygens (including phenoxy) is 2. The fraction of sp³-hybridized carbons (Fsp3) is 1.00. The average molecular weight is 255 g/mol. The Bertz CT molecular complexity index is 243. The summed E-state index contributed by atoms with van der Waals surface area (Å²) in [7, 11) is 1.90. The maximum Gasteiger partial charge on any atom is 0.0834 e. The van der Waals surface area contributed by atoms with Crippen LogP contribution in [0.15, 0.2) is 0 Å². The standard InChI is InChI=1S/C15H29NO2/c1-4-16-14(13-7-10-18-11-13)15(17-3)8-5-12(2)6-9-15/h12-14,16H,4-11H2,1-3H3. The molecule has 1 N–H and O–H groups in total. The summed E-state index contributed by atoms with van der Waals surface area (Å²) in [6.07, 6.45) is 6.16. The first-order valence-corrected chi connectivity index (χ1v) is 7.58. The number of nitrogens with one attached hydrogen (secondary N) is 1. The predicted molar refractivity (Wildman–Crippen MR) is 73.8 cm³/mol. The third kappa shape index (κ3) is 2.89. The summed E-state index contributed by atoms with van der Waals surface area (Å²) in [4.78, 5) is 0. The fourth-order valence-electron chi connectivity index (χ4n) is 3.71. The monoisotopic (exact) mass is 255 g/mol. The van der Waals surface area contributed by atoms with Crippen molar-refractivity contribution in [1.29, 1.82) is 0 Å². The van der Waals surface area contributed by atoms with Gasteiger partial charge in [0.05, 0.1) is 12.2 Å². The fourth-order valence-corrected chi connectivity index (χ4v) is 3.71. The van der Waals surface area contributed by atoms with E-state index in [2.05, 4.69) is 19.2 Å². The van der Waals surface area contributed by atoms with Gasteiger partial charge < -0.3 is 14.8 Å². The van der Waals surface area contributed by atoms with Crippen molar-refractivity contribution in [1.82, 2.24) is 5.32 Å². The molecule has 2 fully saturated rings. The summed E-state index contributed by atoms with van der Waals surface area (Å²) >= 11 is 0. The van der Waals surface area contributed by atoms with E-state index in [1.165, 1.54) is 32.1 Å². The number of methoxy groups -OCH3 is 1. The molecule has 2 aliphatic rings. The van der Waals surface area contributed by atoms with E-state index in [0.717, 1.165) is 25.7 Å². The third-order valence-corrected chi connectivity index (χ3v) is 4.95. The molecule has 1 aliphatic heterocycles. The second-order valence-electron chi connectivity index (χ2n) is 6.11. The Hall–Kier alpha value is -0.120. The molecule has 0 radical (unpaired) electrons. The zero-order chi connectivity index (χ0) is 13.0. The lowest BCUT2D eigenvalue weighted by molar-refractivity contribution is -0.0882. The van der Waals surface area contributed by atoms with Gasteiger partial charge in [0, 0.05) is 25.7 Å². The van der Waals surface area contributed by atoms with Crippen LogP contribution in [0, 0.1) is 11.8 Å². The molecule has 1 aliphatic carbocycles. The van der Waals surface area contributed by atoms with E-state index in [1.807, 2.05) is 7.11 Å². The summed E-state index contributed by atoms with van der Waals surface area (Å²) in [5.41, 5.74) is 0.0425. The van der Waals surface area contributed by atoms with E-state index in [1.54, 1.807) is 0 Å². The van der Waals surface area contributed by atoms with E-state index in [4.69, 9.17) is 9.47 Å². The van der Waals surface area contributed by atoms with Gasteiger partial charge in [0.2, 0.25) is 0 Å². The van der Waals surface area contributed by atoms with Gasteiger partial charge in [0.15, 0.2) is 0 Å². The average Bonchev–Trinajstić information content (AvgIpc) is 2.91. The molecule has 0 bridgehead atoms. The molecule has 0 aromatic heterocycles.